The zero-order chi connectivity index (χ0) is 28.0. The van der Waals surface area contributed by atoms with Gasteiger partial charge in [-0.05, 0) is 20.5 Å². The number of carbonyl (C=O) groups excluding carboxylic acids is 1. The number of hydrogen-bond acceptors (Lipinski definition) is 8. The molecule has 0 radical (unpaired) electrons. The van der Waals surface area contributed by atoms with Gasteiger partial charge >= 0.3 is 0 Å². The van der Waals surface area contributed by atoms with Crippen LogP contribution < -0.4 is 21.1 Å². The number of nitrogen functional groups attached to an aromatic ring is 1. The molecule has 0 aromatic carbocycles. The standard InChI is InChI=1S/C28H46ClN7O3/c1-4-5-6-7-8-9-10-11-12-23-21(29)19-32-27-25(26(30)34-36(23)27)28(37)33-22-20-31-14-13-24(22)39-18-17-38-16-15-35(2)3/h13-14,20-21,23,32H,4-12,15-19H2,1-3H3,(H2,30,34)(H,33,37). The van der Waals surface area contributed by atoms with Gasteiger partial charge in [-0.3, -0.25) is 9.78 Å². The number of rotatable bonds is 18. The first-order valence-corrected chi connectivity index (χ1v) is 14.7. The maximum atomic E-state index is 13.4. The molecular weight excluding hydrogens is 518 g/mol. The molecule has 0 saturated carbocycles. The van der Waals surface area contributed by atoms with E-state index in [1.165, 1.54) is 44.9 Å². The molecule has 11 heteroatoms. The zero-order valence-electron chi connectivity index (χ0n) is 23.8. The Morgan fingerprint density at radius 1 is 1.18 bits per heavy atom. The summed E-state index contributed by atoms with van der Waals surface area (Å²) in [5.41, 5.74) is 7.02. The number of halogens is 1. The number of aromatic nitrogens is 3. The number of likely N-dealkylation sites (N-methyl/N-ethyl adjacent to an activating group) is 1. The molecular formula is C28H46ClN7O3. The third-order valence-corrected chi connectivity index (χ3v) is 7.36. The number of hydrogen-bond donors (Lipinski definition) is 3. The summed E-state index contributed by atoms with van der Waals surface area (Å²) in [6.07, 6.45) is 14.1. The molecule has 3 heterocycles. The van der Waals surface area contributed by atoms with Crippen LogP contribution in [0, 0.1) is 0 Å². The van der Waals surface area contributed by atoms with Crippen LogP contribution in [0.4, 0.5) is 17.3 Å². The molecule has 2 atom stereocenters. The fraction of sp³-hybridized carbons (Fsp3) is 0.679. The number of nitrogens with zero attached hydrogens (tertiary/aromatic N) is 4. The van der Waals surface area contributed by atoms with Gasteiger partial charge in [0.25, 0.3) is 5.91 Å². The van der Waals surface area contributed by atoms with E-state index in [9.17, 15) is 4.79 Å². The van der Waals surface area contributed by atoms with E-state index < -0.39 is 0 Å². The van der Waals surface area contributed by atoms with Crippen molar-refractivity contribution >= 4 is 34.8 Å². The second-order valence-corrected chi connectivity index (χ2v) is 10.9. The van der Waals surface area contributed by atoms with Crippen LogP contribution in [-0.2, 0) is 4.74 Å². The molecule has 39 heavy (non-hydrogen) atoms. The average molecular weight is 564 g/mol. The Kier molecular flexibility index (Phi) is 13.1. The number of carbonyl (C=O) groups is 1. The fourth-order valence-corrected chi connectivity index (χ4v) is 5.01. The van der Waals surface area contributed by atoms with Crippen molar-refractivity contribution in [1.82, 2.24) is 19.7 Å². The summed E-state index contributed by atoms with van der Waals surface area (Å²) >= 11 is 6.69. The minimum absolute atomic E-state index is 0.0170. The summed E-state index contributed by atoms with van der Waals surface area (Å²) in [5, 5.41) is 10.6. The summed E-state index contributed by atoms with van der Waals surface area (Å²) in [6, 6.07) is 1.69. The van der Waals surface area contributed by atoms with Crippen molar-refractivity contribution in [3.05, 3.63) is 24.0 Å². The van der Waals surface area contributed by atoms with Crippen molar-refractivity contribution in [1.29, 1.82) is 0 Å². The monoisotopic (exact) mass is 563 g/mol. The fourth-order valence-electron chi connectivity index (χ4n) is 4.71. The lowest BCUT2D eigenvalue weighted by molar-refractivity contribution is 0.0891. The Morgan fingerprint density at radius 2 is 1.92 bits per heavy atom. The second-order valence-electron chi connectivity index (χ2n) is 10.4. The normalized spacial score (nSPS) is 16.6. The van der Waals surface area contributed by atoms with Gasteiger partial charge in [0.05, 0.1) is 30.8 Å². The van der Waals surface area contributed by atoms with Crippen LogP contribution in [-0.4, -0.2) is 78.0 Å². The smallest absolute Gasteiger partial charge is 0.263 e. The van der Waals surface area contributed by atoms with Crippen molar-refractivity contribution in [3.8, 4) is 5.75 Å². The number of anilines is 3. The molecule has 1 aliphatic rings. The van der Waals surface area contributed by atoms with Crippen LogP contribution in [0.1, 0.15) is 81.1 Å². The first kappa shape index (κ1) is 31.0. The number of nitrogens with one attached hydrogen (secondary N) is 2. The maximum absolute atomic E-state index is 13.4. The Morgan fingerprint density at radius 3 is 2.67 bits per heavy atom. The number of fused-ring (bicyclic) bond motifs is 1. The van der Waals surface area contributed by atoms with Crippen LogP contribution in [0.5, 0.6) is 5.75 Å². The minimum atomic E-state index is -0.375. The van der Waals surface area contributed by atoms with E-state index in [0.29, 0.717) is 49.2 Å². The van der Waals surface area contributed by atoms with Crippen LogP contribution in [0.3, 0.4) is 0 Å². The van der Waals surface area contributed by atoms with Gasteiger partial charge in [-0.1, -0.05) is 58.3 Å². The average Bonchev–Trinajstić information content (AvgIpc) is 3.25. The first-order chi connectivity index (χ1) is 18.9. The molecule has 2 aromatic rings. The predicted molar refractivity (Wildman–Crippen MR) is 158 cm³/mol. The molecule has 1 aliphatic heterocycles. The number of alkyl halides is 1. The van der Waals surface area contributed by atoms with E-state index in [0.717, 1.165) is 19.4 Å². The molecule has 2 aromatic heterocycles. The largest absolute Gasteiger partial charge is 0.489 e. The highest BCUT2D eigenvalue weighted by Gasteiger charge is 2.34. The molecule has 0 bridgehead atoms. The second kappa shape index (κ2) is 16.5. The Labute approximate surface area is 237 Å². The number of pyridine rings is 1. The van der Waals surface area contributed by atoms with Crippen LogP contribution in [0.2, 0.25) is 0 Å². The summed E-state index contributed by atoms with van der Waals surface area (Å²) in [5.74, 6) is 0.908. The highest BCUT2D eigenvalue weighted by atomic mass is 35.5. The molecule has 10 nitrogen and oxygen atoms in total. The first-order valence-electron chi connectivity index (χ1n) is 14.3. The van der Waals surface area contributed by atoms with Crippen LogP contribution in [0.25, 0.3) is 0 Å². The molecule has 0 aliphatic carbocycles. The van der Waals surface area contributed by atoms with Gasteiger partial charge in [0, 0.05) is 25.4 Å². The molecule has 1 amide bonds. The molecule has 3 rings (SSSR count). The van der Waals surface area contributed by atoms with E-state index in [-0.39, 0.29) is 23.1 Å². The lowest BCUT2D eigenvalue weighted by Crippen LogP contribution is -2.34. The van der Waals surface area contributed by atoms with Crippen molar-refractivity contribution in [2.45, 2.75) is 76.1 Å². The summed E-state index contributed by atoms with van der Waals surface area (Å²) in [6.45, 7) is 5.04. The van der Waals surface area contributed by atoms with Crippen molar-refractivity contribution < 1.29 is 14.3 Å². The predicted octanol–water partition coefficient (Wildman–Crippen LogP) is 5.17. The maximum Gasteiger partial charge on any atom is 0.263 e. The van der Waals surface area contributed by atoms with E-state index in [2.05, 4.69) is 32.5 Å². The molecule has 2 unspecified atom stereocenters. The van der Waals surface area contributed by atoms with Crippen LogP contribution >= 0.6 is 11.6 Å². The summed E-state index contributed by atoms with van der Waals surface area (Å²) in [7, 11) is 3.99. The number of amides is 1. The van der Waals surface area contributed by atoms with E-state index in [1.54, 1.807) is 23.1 Å². The number of nitrogens with two attached hydrogens (primary N) is 1. The van der Waals surface area contributed by atoms with Gasteiger partial charge < -0.3 is 30.7 Å². The lowest BCUT2D eigenvalue weighted by Gasteiger charge is -2.30. The van der Waals surface area contributed by atoms with Gasteiger partial charge in [-0.25, -0.2) is 4.68 Å². The van der Waals surface area contributed by atoms with E-state index in [4.69, 9.17) is 26.8 Å². The Balaban J connectivity index is 1.57. The SMILES string of the molecule is CCCCCCCCCCC1C(Cl)CNc2c(C(=O)Nc3cnccc3OCCOCCN(C)C)c(N)nn21. The zero-order valence-corrected chi connectivity index (χ0v) is 24.5. The minimum Gasteiger partial charge on any atom is -0.489 e. The number of ether oxygens (including phenoxy) is 2. The van der Waals surface area contributed by atoms with E-state index in [1.807, 2.05) is 14.1 Å². The van der Waals surface area contributed by atoms with E-state index >= 15 is 0 Å². The van der Waals surface area contributed by atoms with Crippen molar-refractivity contribution in [2.75, 3.05) is 63.4 Å². The topological polar surface area (TPSA) is 120 Å². The summed E-state index contributed by atoms with van der Waals surface area (Å²) < 4.78 is 13.2. The lowest BCUT2D eigenvalue weighted by atomic mass is 10.0. The van der Waals surface area contributed by atoms with Crippen LogP contribution in [0.15, 0.2) is 18.5 Å². The Hall–Kier alpha value is -2.56. The van der Waals surface area contributed by atoms with Gasteiger partial charge in [0.15, 0.2) is 5.82 Å². The van der Waals surface area contributed by atoms with Gasteiger partial charge in [0.2, 0.25) is 0 Å². The van der Waals surface area contributed by atoms with Gasteiger partial charge in [-0.2, -0.15) is 5.10 Å². The Bertz CT molecular complexity index is 1020. The molecule has 0 spiro atoms. The third-order valence-electron chi connectivity index (χ3n) is 6.91. The summed E-state index contributed by atoms with van der Waals surface area (Å²) in [4.78, 5) is 19.6. The highest BCUT2D eigenvalue weighted by molar-refractivity contribution is 6.21. The van der Waals surface area contributed by atoms with Crippen molar-refractivity contribution in [2.24, 2.45) is 0 Å². The highest BCUT2D eigenvalue weighted by Crippen LogP contribution is 2.36. The van der Waals surface area contributed by atoms with Crippen molar-refractivity contribution in [3.63, 3.8) is 0 Å². The molecule has 218 valence electrons. The number of unbranched alkanes of at least 4 members (excludes halogenated alkanes) is 7. The molecule has 4 N–H and O–H groups in total. The van der Waals surface area contributed by atoms with Gasteiger partial charge in [-0.15, -0.1) is 11.6 Å². The van der Waals surface area contributed by atoms with Gasteiger partial charge in [0.1, 0.15) is 29.4 Å². The third kappa shape index (κ3) is 9.54. The molecule has 0 saturated heterocycles. The quantitative estimate of drug-likeness (QED) is 0.168. The molecule has 0 fully saturated rings.